The van der Waals surface area contributed by atoms with E-state index < -0.39 is 5.82 Å². The summed E-state index contributed by atoms with van der Waals surface area (Å²) in [5.74, 6) is -0.610. The third kappa shape index (κ3) is 1.09. The zero-order chi connectivity index (χ0) is 7.56. The van der Waals surface area contributed by atoms with Crippen molar-refractivity contribution in [3.63, 3.8) is 0 Å². The Hall–Kier alpha value is -1.08. The fraction of sp³-hybridized carbons (Fsp3) is 0. The highest BCUT2D eigenvalue weighted by atomic mass is 32.1. The van der Waals surface area contributed by atoms with E-state index in [2.05, 4.69) is 17.6 Å². The van der Waals surface area contributed by atoms with E-state index in [0.717, 1.165) is 6.20 Å². The van der Waals surface area contributed by atoms with Gasteiger partial charge in [-0.2, -0.15) is 5.26 Å². The number of nitrogens with zero attached hydrogens (tertiary/aromatic N) is 2. The Balaban J connectivity index is 3.31. The first kappa shape index (κ1) is 7.03. The molecular formula is C6H3FN2S. The van der Waals surface area contributed by atoms with Crippen molar-refractivity contribution in [3.8, 4) is 6.07 Å². The maximum Gasteiger partial charge on any atom is 0.157 e. The molecule has 0 aromatic carbocycles. The van der Waals surface area contributed by atoms with E-state index in [9.17, 15) is 4.39 Å². The highest BCUT2D eigenvalue weighted by Gasteiger charge is 2.03. The van der Waals surface area contributed by atoms with Gasteiger partial charge in [0.1, 0.15) is 11.6 Å². The van der Waals surface area contributed by atoms with Crippen LogP contribution in [0.1, 0.15) is 5.56 Å². The van der Waals surface area contributed by atoms with Gasteiger partial charge >= 0.3 is 0 Å². The normalized spacial score (nSPS) is 8.90. The van der Waals surface area contributed by atoms with Gasteiger partial charge in [0.15, 0.2) is 5.82 Å². The van der Waals surface area contributed by atoms with Gasteiger partial charge in [-0.25, -0.2) is 4.39 Å². The van der Waals surface area contributed by atoms with Gasteiger partial charge in [-0.1, -0.05) is 0 Å². The number of nitriles is 1. The molecule has 1 aromatic rings. The fourth-order valence-corrected chi connectivity index (χ4v) is 0.699. The predicted molar refractivity (Wildman–Crippen MR) is 36.2 cm³/mol. The monoisotopic (exact) mass is 154 g/mol. The van der Waals surface area contributed by atoms with Gasteiger partial charge in [-0.3, -0.25) is 4.98 Å². The summed E-state index contributed by atoms with van der Waals surface area (Å²) < 4.78 is 12.7. The summed E-state index contributed by atoms with van der Waals surface area (Å²) in [6, 6.07) is 1.65. The van der Waals surface area contributed by atoms with Crippen LogP contribution in [0.5, 0.6) is 0 Å². The van der Waals surface area contributed by atoms with Crippen LogP contribution >= 0.6 is 12.6 Å². The standard InChI is InChI=1S/C6H3FN2S/c7-6-4(1-8)2-9-3-5(6)10/h2-3,10H. The zero-order valence-electron chi connectivity index (χ0n) is 4.87. The van der Waals surface area contributed by atoms with Crippen LogP contribution in [-0.2, 0) is 0 Å². The molecule has 0 spiro atoms. The lowest BCUT2D eigenvalue weighted by atomic mass is 10.3. The highest BCUT2D eigenvalue weighted by molar-refractivity contribution is 7.80. The minimum absolute atomic E-state index is 0.0764. The van der Waals surface area contributed by atoms with E-state index in [4.69, 9.17) is 5.26 Å². The van der Waals surface area contributed by atoms with Gasteiger partial charge in [-0.15, -0.1) is 12.6 Å². The average molecular weight is 154 g/mol. The van der Waals surface area contributed by atoms with Gasteiger partial charge in [0.2, 0.25) is 0 Å². The summed E-state index contributed by atoms with van der Waals surface area (Å²) in [5, 5.41) is 8.28. The summed E-state index contributed by atoms with van der Waals surface area (Å²) in [4.78, 5) is 3.67. The van der Waals surface area contributed by atoms with Crippen LogP contribution in [0.25, 0.3) is 0 Å². The second-order valence-electron chi connectivity index (χ2n) is 1.63. The lowest BCUT2D eigenvalue weighted by Crippen LogP contribution is -1.86. The van der Waals surface area contributed by atoms with Crippen molar-refractivity contribution in [2.75, 3.05) is 0 Å². The molecule has 0 aliphatic heterocycles. The first-order chi connectivity index (χ1) is 4.75. The molecule has 1 heterocycles. The van der Waals surface area contributed by atoms with Crippen LogP contribution in [0.15, 0.2) is 17.3 Å². The van der Waals surface area contributed by atoms with Gasteiger partial charge in [0, 0.05) is 12.4 Å². The SMILES string of the molecule is N#Cc1cncc(S)c1F. The number of rotatable bonds is 0. The van der Waals surface area contributed by atoms with Gasteiger partial charge in [-0.05, 0) is 0 Å². The topological polar surface area (TPSA) is 36.7 Å². The first-order valence-electron chi connectivity index (χ1n) is 2.48. The third-order valence-electron chi connectivity index (χ3n) is 0.982. The molecule has 0 radical (unpaired) electrons. The zero-order valence-corrected chi connectivity index (χ0v) is 5.77. The average Bonchev–Trinajstić information content (AvgIpc) is 1.95. The van der Waals surface area contributed by atoms with Gasteiger partial charge < -0.3 is 0 Å². The minimum Gasteiger partial charge on any atom is -0.262 e. The molecule has 0 atom stereocenters. The molecule has 0 saturated heterocycles. The fourth-order valence-electron chi connectivity index (χ4n) is 0.512. The summed E-state index contributed by atoms with van der Waals surface area (Å²) in [7, 11) is 0. The predicted octanol–water partition coefficient (Wildman–Crippen LogP) is 1.38. The molecule has 0 amide bonds. The second kappa shape index (κ2) is 2.67. The number of thiol groups is 1. The molecule has 10 heavy (non-hydrogen) atoms. The van der Waals surface area contributed by atoms with Crippen LogP contribution < -0.4 is 0 Å². The lowest BCUT2D eigenvalue weighted by molar-refractivity contribution is 0.595. The van der Waals surface area contributed by atoms with E-state index in [1.807, 2.05) is 0 Å². The molecule has 1 rings (SSSR count). The molecule has 0 unspecified atom stereocenters. The van der Waals surface area contributed by atoms with E-state index in [1.165, 1.54) is 6.20 Å². The van der Waals surface area contributed by atoms with E-state index in [0.29, 0.717) is 0 Å². The van der Waals surface area contributed by atoms with Crippen molar-refractivity contribution in [2.24, 2.45) is 0 Å². The number of aromatic nitrogens is 1. The molecule has 0 saturated carbocycles. The highest BCUT2D eigenvalue weighted by Crippen LogP contribution is 2.12. The summed E-state index contributed by atoms with van der Waals surface area (Å²) >= 11 is 3.73. The van der Waals surface area contributed by atoms with Crippen LogP contribution in [0.4, 0.5) is 4.39 Å². The van der Waals surface area contributed by atoms with Crippen molar-refractivity contribution in [3.05, 3.63) is 23.8 Å². The molecule has 0 bridgehead atoms. The summed E-state index contributed by atoms with van der Waals surface area (Å²) in [6.45, 7) is 0. The number of pyridine rings is 1. The Bertz CT molecular complexity index is 292. The molecule has 0 aliphatic carbocycles. The molecule has 1 aromatic heterocycles. The maximum atomic E-state index is 12.7. The van der Waals surface area contributed by atoms with Gasteiger partial charge in [0.25, 0.3) is 0 Å². The molecule has 4 heteroatoms. The lowest BCUT2D eigenvalue weighted by Gasteiger charge is -1.93. The number of halogens is 1. The molecular weight excluding hydrogens is 151 g/mol. The Morgan fingerprint density at radius 2 is 2.30 bits per heavy atom. The van der Waals surface area contributed by atoms with Crippen LogP contribution in [0, 0.1) is 17.1 Å². The molecule has 2 nitrogen and oxygen atoms in total. The smallest absolute Gasteiger partial charge is 0.157 e. The van der Waals surface area contributed by atoms with Crippen molar-refractivity contribution in [1.29, 1.82) is 5.26 Å². The van der Waals surface area contributed by atoms with E-state index >= 15 is 0 Å². The third-order valence-corrected chi connectivity index (χ3v) is 1.29. The van der Waals surface area contributed by atoms with Crippen molar-refractivity contribution < 1.29 is 4.39 Å². The molecule has 0 fully saturated rings. The largest absolute Gasteiger partial charge is 0.262 e. The summed E-state index contributed by atoms with van der Waals surface area (Å²) in [6.07, 6.45) is 2.41. The van der Waals surface area contributed by atoms with E-state index in [-0.39, 0.29) is 10.5 Å². The Kier molecular flexibility index (Phi) is 1.88. The second-order valence-corrected chi connectivity index (χ2v) is 2.11. The first-order valence-corrected chi connectivity index (χ1v) is 2.93. The van der Waals surface area contributed by atoms with Crippen molar-refractivity contribution in [1.82, 2.24) is 4.98 Å². The van der Waals surface area contributed by atoms with Crippen LogP contribution in [-0.4, -0.2) is 4.98 Å². The minimum atomic E-state index is -0.610. The Morgan fingerprint density at radius 1 is 1.60 bits per heavy atom. The molecule has 0 aliphatic rings. The number of hydrogen-bond acceptors (Lipinski definition) is 3. The van der Waals surface area contributed by atoms with Gasteiger partial charge in [0.05, 0.1) is 4.90 Å². The van der Waals surface area contributed by atoms with Crippen molar-refractivity contribution >= 4 is 12.6 Å². The Labute approximate surface area is 62.7 Å². The van der Waals surface area contributed by atoms with Crippen molar-refractivity contribution in [2.45, 2.75) is 4.90 Å². The van der Waals surface area contributed by atoms with Crippen LogP contribution in [0.2, 0.25) is 0 Å². The summed E-state index contributed by atoms with van der Waals surface area (Å²) in [5.41, 5.74) is -0.0764. The maximum absolute atomic E-state index is 12.7. The molecule has 0 N–H and O–H groups in total. The molecule has 50 valence electrons. The Morgan fingerprint density at radius 3 is 2.80 bits per heavy atom. The number of hydrogen-bond donors (Lipinski definition) is 1. The van der Waals surface area contributed by atoms with E-state index in [1.54, 1.807) is 6.07 Å². The van der Waals surface area contributed by atoms with Crippen LogP contribution in [0.3, 0.4) is 0 Å². The quantitative estimate of drug-likeness (QED) is 0.573.